The van der Waals surface area contributed by atoms with Crippen molar-refractivity contribution in [1.82, 2.24) is 10.2 Å². The lowest BCUT2D eigenvalue weighted by Crippen LogP contribution is -2.22. The molecule has 1 unspecified atom stereocenters. The summed E-state index contributed by atoms with van der Waals surface area (Å²) >= 11 is 1.78. The Labute approximate surface area is 157 Å². The maximum Gasteiger partial charge on any atom is 0.175 e. The fourth-order valence-corrected chi connectivity index (χ4v) is 5.19. The predicted molar refractivity (Wildman–Crippen MR) is 106 cm³/mol. The lowest BCUT2D eigenvalue weighted by Gasteiger charge is -2.28. The molecule has 1 aromatic carbocycles. The molecule has 0 bridgehead atoms. The average Bonchev–Trinajstić information content (AvgIpc) is 3.34. The van der Waals surface area contributed by atoms with Crippen LogP contribution < -0.4 is 4.90 Å². The number of thiophene rings is 1. The number of anilines is 1. The van der Waals surface area contributed by atoms with Gasteiger partial charge < -0.3 is 4.90 Å². The van der Waals surface area contributed by atoms with Gasteiger partial charge in [-0.2, -0.15) is 5.10 Å². The lowest BCUT2D eigenvalue weighted by molar-refractivity contribution is 0.602. The van der Waals surface area contributed by atoms with Crippen molar-refractivity contribution in [1.29, 1.82) is 0 Å². The van der Waals surface area contributed by atoms with E-state index in [1.165, 1.54) is 11.1 Å². The van der Waals surface area contributed by atoms with Gasteiger partial charge in [-0.1, -0.05) is 6.07 Å². The molecule has 0 radical (unpaired) electrons. The number of rotatable bonds is 4. The van der Waals surface area contributed by atoms with Gasteiger partial charge in [-0.15, -0.1) is 11.3 Å². The molecule has 3 heterocycles. The zero-order valence-corrected chi connectivity index (χ0v) is 16.4. The fraction of sp³-hybridized carbons (Fsp3) is 0.316. The summed E-state index contributed by atoms with van der Waals surface area (Å²) in [6, 6.07) is 10.1. The van der Waals surface area contributed by atoms with Crippen LogP contribution in [-0.2, 0) is 9.84 Å². The van der Waals surface area contributed by atoms with Crippen molar-refractivity contribution < 1.29 is 8.42 Å². The van der Waals surface area contributed by atoms with Gasteiger partial charge >= 0.3 is 0 Å². The standard InChI is InChI=1S/C19H21N3O2S2/c1-13-16(12-20-21-13)15-11-14(26(2,23)24)7-8-17(15)22-9-3-5-18(22)19-6-4-10-25-19/h4,6-8,10-12,18H,3,5,9H2,1-2H3,(H,20,21). The van der Waals surface area contributed by atoms with Gasteiger partial charge in [0.05, 0.1) is 17.1 Å². The van der Waals surface area contributed by atoms with Crippen molar-refractivity contribution >= 4 is 26.9 Å². The number of sulfone groups is 1. The number of nitrogens with one attached hydrogen (secondary N) is 1. The van der Waals surface area contributed by atoms with Crippen molar-refractivity contribution in [3.8, 4) is 11.1 Å². The highest BCUT2D eigenvalue weighted by Gasteiger charge is 2.29. The smallest absolute Gasteiger partial charge is 0.175 e. The number of benzene rings is 1. The highest BCUT2D eigenvalue weighted by Crippen LogP contribution is 2.43. The highest BCUT2D eigenvalue weighted by atomic mass is 32.2. The van der Waals surface area contributed by atoms with Crippen LogP contribution in [0, 0.1) is 6.92 Å². The van der Waals surface area contributed by atoms with E-state index in [1.807, 2.05) is 13.0 Å². The van der Waals surface area contributed by atoms with E-state index in [9.17, 15) is 8.42 Å². The molecule has 4 rings (SSSR count). The third-order valence-electron chi connectivity index (χ3n) is 4.95. The third kappa shape index (κ3) is 3.05. The first-order valence-electron chi connectivity index (χ1n) is 8.59. The number of hydrogen-bond acceptors (Lipinski definition) is 5. The summed E-state index contributed by atoms with van der Waals surface area (Å²) in [6.07, 6.45) is 5.26. The first-order valence-corrected chi connectivity index (χ1v) is 11.4. The van der Waals surface area contributed by atoms with E-state index >= 15 is 0 Å². The molecular formula is C19H21N3O2S2. The Kier molecular flexibility index (Phi) is 4.36. The fourth-order valence-electron chi connectivity index (χ4n) is 3.67. The normalized spacial score (nSPS) is 17.8. The molecule has 2 aromatic heterocycles. The van der Waals surface area contributed by atoms with Crippen molar-refractivity contribution in [3.05, 3.63) is 52.5 Å². The van der Waals surface area contributed by atoms with Gasteiger partial charge in [-0.25, -0.2) is 8.42 Å². The van der Waals surface area contributed by atoms with Gasteiger partial charge in [0.1, 0.15) is 0 Å². The molecule has 1 aliphatic heterocycles. The van der Waals surface area contributed by atoms with Crippen LogP contribution in [-0.4, -0.2) is 31.4 Å². The van der Waals surface area contributed by atoms with Gasteiger partial charge in [0.25, 0.3) is 0 Å². The minimum Gasteiger partial charge on any atom is -0.363 e. The second kappa shape index (κ2) is 6.55. The van der Waals surface area contributed by atoms with Crippen LogP contribution in [0.25, 0.3) is 11.1 Å². The molecule has 1 aliphatic rings. The quantitative estimate of drug-likeness (QED) is 0.729. The van der Waals surface area contributed by atoms with Crippen LogP contribution in [0.15, 0.2) is 46.8 Å². The zero-order valence-electron chi connectivity index (χ0n) is 14.8. The highest BCUT2D eigenvalue weighted by molar-refractivity contribution is 7.90. The number of aromatic nitrogens is 2. The van der Waals surface area contributed by atoms with Crippen LogP contribution in [0.2, 0.25) is 0 Å². The van der Waals surface area contributed by atoms with Crippen LogP contribution in [0.3, 0.4) is 0 Å². The Morgan fingerprint density at radius 3 is 2.77 bits per heavy atom. The number of hydrogen-bond donors (Lipinski definition) is 1. The van der Waals surface area contributed by atoms with Crippen LogP contribution in [0.1, 0.15) is 29.5 Å². The van der Waals surface area contributed by atoms with Crippen LogP contribution >= 0.6 is 11.3 Å². The van der Waals surface area contributed by atoms with Crippen molar-refractivity contribution in [2.75, 3.05) is 17.7 Å². The Balaban J connectivity index is 1.87. The van der Waals surface area contributed by atoms with Crippen molar-refractivity contribution in [2.45, 2.75) is 30.7 Å². The maximum absolute atomic E-state index is 12.1. The predicted octanol–water partition coefficient (Wildman–Crippen LogP) is 4.19. The van der Waals surface area contributed by atoms with Crippen molar-refractivity contribution in [3.63, 3.8) is 0 Å². The minimum absolute atomic E-state index is 0.337. The van der Waals surface area contributed by atoms with Crippen LogP contribution in [0.5, 0.6) is 0 Å². The molecule has 0 aliphatic carbocycles. The Morgan fingerprint density at radius 1 is 1.27 bits per heavy atom. The lowest BCUT2D eigenvalue weighted by atomic mass is 10.0. The van der Waals surface area contributed by atoms with E-state index in [2.05, 4.69) is 32.6 Å². The minimum atomic E-state index is -3.27. The summed E-state index contributed by atoms with van der Waals surface area (Å²) in [5, 5.41) is 9.21. The molecule has 1 atom stereocenters. The zero-order chi connectivity index (χ0) is 18.3. The van der Waals surface area contributed by atoms with E-state index < -0.39 is 9.84 Å². The van der Waals surface area contributed by atoms with E-state index in [0.29, 0.717) is 10.9 Å². The van der Waals surface area contributed by atoms with E-state index in [0.717, 1.165) is 41.9 Å². The molecular weight excluding hydrogens is 366 g/mol. The Morgan fingerprint density at radius 2 is 2.12 bits per heavy atom. The Hall–Kier alpha value is -2.12. The number of nitrogens with zero attached hydrogens (tertiary/aromatic N) is 2. The maximum atomic E-state index is 12.1. The van der Waals surface area contributed by atoms with Gasteiger partial charge in [-0.3, -0.25) is 5.10 Å². The molecule has 26 heavy (non-hydrogen) atoms. The molecule has 136 valence electrons. The van der Waals surface area contributed by atoms with Gasteiger partial charge in [-0.05, 0) is 49.4 Å². The third-order valence-corrected chi connectivity index (χ3v) is 7.03. The summed E-state index contributed by atoms with van der Waals surface area (Å²) in [5.74, 6) is 0. The summed E-state index contributed by atoms with van der Waals surface area (Å²) < 4.78 is 24.2. The molecule has 1 N–H and O–H groups in total. The monoisotopic (exact) mass is 387 g/mol. The van der Waals surface area contributed by atoms with Crippen molar-refractivity contribution in [2.24, 2.45) is 0 Å². The first-order chi connectivity index (χ1) is 12.4. The number of H-pyrrole nitrogens is 1. The molecule has 0 saturated carbocycles. The second-order valence-electron chi connectivity index (χ2n) is 6.73. The van der Waals surface area contributed by atoms with Gasteiger partial charge in [0.15, 0.2) is 9.84 Å². The largest absolute Gasteiger partial charge is 0.363 e. The summed E-state index contributed by atoms with van der Waals surface area (Å²) in [7, 11) is -3.27. The topological polar surface area (TPSA) is 66.1 Å². The molecule has 0 amide bonds. The van der Waals surface area contributed by atoms with E-state index in [1.54, 1.807) is 29.7 Å². The SMILES string of the molecule is Cc1[nH]ncc1-c1cc(S(C)(=O)=O)ccc1N1CCCC1c1cccs1. The number of aromatic amines is 1. The first kappa shape index (κ1) is 17.3. The second-order valence-corrected chi connectivity index (χ2v) is 9.72. The molecule has 1 saturated heterocycles. The summed E-state index contributed by atoms with van der Waals surface area (Å²) in [6.45, 7) is 2.92. The van der Waals surface area contributed by atoms with Gasteiger partial charge in [0, 0.05) is 40.2 Å². The summed E-state index contributed by atoms with van der Waals surface area (Å²) in [4.78, 5) is 4.09. The number of aryl methyl sites for hydroxylation is 1. The molecule has 3 aromatic rings. The Bertz CT molecular complexity index is 1020. The van der Waals surface area contributed by atoms with Gasteiger partial charge in [0.2, 0.25) is 0 Å². The molecule has 7 heteroatoms. The molecule has 1 fully saturated rings. The van der Waals surface area contributed by atoms with E-state index in [4.69, 9.17) is 0 Å². The molecule has 0 spiro atoms. The summed E-state index contributed by atoms with van der Waals surface area (Å²) in [5.41, 5.74) is 3.87. The average molecular weight is 388 g/mol. The van der Waals surface area contributed by atoms with Crippen LogP contribution in [0.4, 0.5) is 5.69 Å². The molecule has 5 nitrogen and oxygen atoms in total. The van der Waals surface area contributed by atoms with E-state index in [-0.39, 0.29) is 0 Å².